The summed E-state index contributed by atoms with van der Waals surface area (Å²) in [7, 11) is 2.70. The molecule has 1 N–H and O–H groups in total. The second kappa shape index (κ2) is 8.53. The number of hydrogen-bond acceptors (Lipinski definition) is 3. The summed E-state index contributed by atoms with van der Waals surface area (Å²) in [4.78, 5) is 13.4. The van der Waals surface area contributed by atoms with Crippen LogP contribution in [-0.4, -0.2) is 38.2 Å². The van der Waals surface area contributed by atoms with Gasteiger partial charge in [0, 0.05) is 29.9 Å². The first kappa shape index (κ1) is 18.8. The highest BCUT2D eigenvalue weighted by Gasteiger charge is 2.14. The first-order valence-electron chi connectivity index (χ1n) is 7.34. The number of rotatable bonds is 6. The fourth-order valence-corrected chi connectivity index (χ4v) is 2.10. The second-order valence-corrected chi connectivity index (χ2v) is 5.56. The Morgan fingerprint density at radius 1 is 1.20 bits per heavy atom. The van der Waals surface area contributed by atoms with Crippen LogP contribution in [0.15, 0.2) is 36.4 Å². The summed E-state index contributed by atoms with van der Waals surface area (Å²) in [5.41, 5.74) is -0.00808. The number of halogens is 3. The largest absolute Gasteiger partial charge is 0.492 e. The topological polar surface area (TPSA) is 50.8 Å². The van der Waals surface area contributed by atoms with Crippen LogP contribution in [0.3, 0.4) is 0 Å². The van der Waals surface area contributed by atoms with E-state index in [0.717, 1.165) is 19.2 Å². The van der Waals surface area contributed by atoms with Crippen molar-refractivity contribution in [3.05, 3.63) is 53.1 Å². The molecule has 0 spiro atoms. The Bertz CT molecular complexity index is 718. The maximum atomic E-state index is 13.6. The van der Waals surface area contributed by atoms with E-state index in [4.69, 9.17) is 16.3 Å². The van der Waals surface area contributed by atoms with E-state index in [2.05, 4.69) is 10.1 Å². The number of nitrogens with zero attached hydrogens (tertiary/aromatic N) is 1. The number of benzene rings is 2. The number of carbonyl (C=O) groups is 1. The number of nitrogens with one attached hydrogen (secondary N) is 1. The molecule has 0 unspecified atom stereocenters. The lowest BCUT2D eigenvalue weighted by Crippen LogP contribution is -2.34. The zero-order valence-corrected chi connectivity index (χ0v) is 14.4. The Morgan fingerprint density at radius 3 is 2.36 bits per heavy atom. The van der Waals surface area contributed by atoms with Gasteiger partial charge in [-0.2, -0.15) is 0 Å². The van der Waals surface area contributed by atoms with E-state index < -0.39 is 23.4 Å². The number of ether oxygens (including phenoxy) is 2. The van der Waals surface area contributed by atoms with Crippen molar-refractivity contribution >= 4 is 23.3 Å². The first-order valence-corrected chi connectivity index (χ1v) is 7.72. The molecule has 2 aromatic carbocycles. The van der Waals surface area contributed by atoms with Crippen LogP contribution in [0.1, 0.15) is 0 Å². The minimum Gasteiger partial charge on any atom is -0.492 e. The molecular weight excluding hydrogens is 354 g/mol. The van der Waals surface area contributed by atoms with Crippen molar-refractivity contribution in [2.75, 3.05) is 32.6 Å². The molecule has 5 nitrogen and oxygen atoms in total. The van der Waals surface area contributed by atoms with Crippen molar-refractivity contribution < 1.29 is 23.0 Å². The fraction of sp³-hybridized carbons (Fsp3) is 0.235. The Hall–Kier alpha value is -2.54. The van der Waals surface area contributed by atoms with E-state index in [1.54, 1.807) is 24.3 Å². The number of methoxy groups -OCH3 is 1. The van der Waals surface area contributed by atoms with Crippen LogP contribution in [0, 0.1) is 11.6 Å². The van der Waals surface area contributed by atoms with E-state index in [1.165, 1.54) is 11.9 Å². The molecule has 0 saturated carbocycles. The third-order valence-corrected chi connectivity index (χ3v) is 3.56. The molecule has 8 heteroatoms. The minimum atomic E-state index is -0.897. The van der Waals surface area contributed by atoms with Gasteiger partial charge in [-0.05, 0) is 24.3 Å². The average molecular weight is 371 g/mol. The van der Waals surface area contributed by atoms with Crippen LogP contribution in [0.4, 0.5) is 19.3 Å². The van der Waals surface area contributed by atoms with E-state index in [1.807, 2.05) is 0 Å². The molecule has 134 valence electrons. The molecule has 0 fully saturated rings. The molecule has 25 heavy (non-hydrogen) atoms. The fourth-order valence-electron chi connectivity index (χ4n) is 1.98. The minimum absolute atomic E-state index is 0.00808. The molecule has 0 heterocycles. The van der Waals surface area contributed by atoms with E-state index in [9.17, 15) is 13.6 Å². The highest BCUT2D eigenvalue weighted by atomic mass is 35.5. The normalized spacial score (nSPS) is 10.3. The van der Waals surface area contributed by atoms with Crippen molar-refractivity contribution in [2.24, 2.45) is 0 Å². The van der Waals surface area contributed by atoms with Crippen LogP contribution < -0.4 is 14.8 Å². The molecule has 0 aliphatic carbocycles. The van der Waals surface area contributed by atoms with Crippen molar-refractivity contribution in [3.63, 3.8) is 0 Å². The lowest BCUT2D eigenvalue weighted by Gasteiger charge is -2.18. The summed E-state index contributed by atoms with van der Waals surface area (Å²) in [5, 5.41) is 3.01. The number of anilines is 1. The van der Waals surface area contributed by atoms with Crippen molar-refractivity contribution in [3.8, 4) is 11.5 Å². The lowest BCUT2D eigenvalue weighted by atomic mass is 10.2. The van der Waals surface area contributed by atoms with Crippen molar-refractivity contribution in [1.29, 1.82) is 0 Å². The summed E-state index contributed by atoms with van der Waals surface area (Å²) in [6.45, 7) is 0.520. The summed E-state index contributed by atoms with van der Waals surface area (Å²) in [6.07, 6.45) is 0. The predicted molar refractivity (Wildman–Crippen MR) is 91.5 cm³/mol. The monoisotopic (exact) mass is 370 g/mol. The number of carbonyl (C=O) groups excluding carboxylic acids is 1. The van der Waals surface area contributed by atoms with E-state index in [0.29, 0.717) is 10.8 Å². The van der Waals surface area contributed by atoms with Gasteiger partial charge in [0.25, 0.3) is 0 Å². The summed E-state index contributed by atoms with van der Waals surface area (Å²) in [5.74, 6) is -1.67. The molecule has 0 saturated heterocycles. The van der Waals surface area contributed by atoms with Gasteiger partial charge in [-0.25, -0.2) is 13.6 Å². The maximum Gasteiger partial charge on any atom is 0.321 e. The van der Waals surface area contributed by atoms with Gasteiger partial charge < -0.3 is 19.7 Å². The molecule has 2 aromatic rings. The third-order valence-electron chi connectivity index (χ3n) is 3.31. The third kappa shape index (κ3) is 5.22. The van der Waals surface area contributed by atoms with E-state index in [-0.39, 0.29) is 18.8 Å². The molecular formula is C17H17ClF2N2O3. The molecule has 0 radical (unpaired) electrons. The Morgan fingerprint density at radius 2 is 1.80 bits per heavy atom. The molecule has 0 aliphatic rings. The van der Waals surface area contributed by atoms with Gasteiger partial charge in [-0.1, -0.05) is 11.6 Å². The number of urea groups is 1. The zero-order valence-electron chi connectivity index (χ0n) is 13.7. The zero-order chi connectivity index (χ0) is 18.4. The van der Waals surface area contributed by atoms with Gasteiger partial charge in [-0.3, -0.25) is 0 Å². The van der Waals surface area contributed by atoms with Crippen LogP contribution in [-0.2, 0) is 0 Å². The highest BCUT2D eigenvalue weighted by molar-refractivity contribution is 6.30. The first-order chi connectivity index (χ1) is 11.9. The number of amides is 2. The number of likely N-dealkylation sites (N-methyl/N-ethyl adjacent to an activating group) is 1. The van der Waals surface area contributed by atoms with Gasteiger partial charge >= 0.3 is 6.03 Å². The molecule has 0 atom stereocenters. The van der Waals surface area contributed by atoms with Crippen molar-refractivity contribution in [1.82, 2.24) is 4.90 Å². The maximum absolute atomic E-state index is 13.6. The Labute approximate surface area is 149 Å². The van der Waals surface area contributed by atoms with Crippen LogP contribution in [0.25, 0.3) is 0 Å². The molecule has 2 amide bonds. The van der Waals surface area contributed by atoms with Crippen LogP contribution in [0.2, 0.25) is 5.02 Å². The number of hydrogen-bond donors (Lipinski definition) is 1. The van der Waals surface area contributed by atoms with Gasteiger partial charge in [-0.15, -0.1) is 0 Å². The molecule has 0 aromatic heterocycles. The van der Waals surface area contributed by atoms with Crippen molar-refractivity contribution in [2.45, 2.75) is 0 Å². The van der Waals surface area contributed by atoms with Gasteiger partial charge in [0.05, 0.1) is 13.7 Å². The standard InChI is InChI=1S/C17H17ClF2N2O3/c1-22(7-8-25-13-5-3-11(18)4-6-13)17(23)21-12-9-14(19)16(24-2)15(20)10-12/h3-6,9-10H,7-8H2,1-2H3,(H,21,23). The highest BCUT2D eigenvalue weighted by Crippen LogP contribution is 2.25. The summed E-state index contributed by atoms with van der Waals surface area (Å²) in [6, 6.07) is 8.26. The average Bonchev–Trinajstić information content (AvgIpc) is 2.56. The summed E-state index contributed by atoms with van der Waals surface area (Å²) >= 11 is 5.78. The van der Waals surface area contributed by atoms with Gasteiger partial charge in [0.15, 0.2) is 17.4 Å². The Balaban J connectivity index is 1.86. The smallest absolute Gasteiger partial charge is 0.321 e. The Kier molecular flexibility index (Phi) is 6.41. The molecule has 0 aliphatic heterocycles. The van der Waals surface area contributed by atoms with E-state index >= 15 is 0 Å². The predicted octanol–water partition coefficient (Wildman–Crippen LogP) is 4.17. The molecule has 0 bridgehead atoms. The summed E-state index contributed by atoms with van der Waals surface area (Å²) < 4.78 is 37.3. The van der Waals surface area contributed by atoms with Gasteiger partial charge in [0.1, 0.15) is 12.4 Å². The lowest BCUT2D eigenvalue weighted by molar-refractivity contribution is 0.207. The van der Waals surface area contributed by atoms with Gasteiger partial charge in [0.2, 0.25) is 0 Å². The SMILES string of the molecule is COc1c(F)cc(NC(=O)N(C)CCOc2ccc(Cl)cc2)cc1F. The molecule has 2 rings (SSSR count). The van der Waals surface area contributed by atoms with Crippen LogP contribution >= 0.6 is 11.6 Å². The van der Waals surface area contributed by atoms with Crippen LogP contribution in [0.5, 0.6) is 11.5 Å². The quantitative estimate of drug-likeness (QED) is 0.830. The second-order valence-electron chi connectivity index (χ2n) is 5.13.